The molecular weight excluding hydrogens is 355 g/mol. The molecule has 1 aliphatic rings. The van der Waals surface area contributed by atoms with Gasteiger partial charge in [0, 0.05) is 11.5 Å². The first-order chi connectivity index (χ1) is 13.6. The highest BCUT2D eigenvalue weighted by atomic mass is 19.1. The van der Waals surface area contributed by atoms with Crippen molar-refractivity contribution in [2.24, 2.45) is 5.92 Å². The van der Waals surface area contributed by atoms with Crippen LogP contribution in [0.15, 0.2) is 66.7 Å². The molecule has 3 aromatic carbocycles. The average Bonchev–Trinajstić information content (AvgIpc) is 2.70. The topological polar surface area (TPSA) is 49.7 Å². The Kier molecular flexibility index (Phi) is 4.95. The summed E-state index contributed by atoms with van der Waals surface area (Å²) in [5, 5.41) is 19.7. The summed E-state index contributed by atoms with van der Waals surface area (Å²) >= 11 is 0. The van der Waals surface area contributed by atoms with Crippen LogP contribution < -0.4 is 4.74 Å². The number of hydrogen-bond acceptors (Lipinski definition) is 3. The van der Waals surface area contributed by atoms with Gasteiger partial charge in [0.1, 0.15) is 29.2 Å². The molecule has 0 fully saturated rings. The number of rotatable bonds is 4. The van der Waals surface area contributed by atoms with E-state index in [-0.39, 0.29) is 35.3 Å². The van der Waals surface area contributed by atoms with Crippen molar-refractivity contribution in [3.05, 3.63) is 89.2 Å². The lowest BCUT2D eigenvalue weighted by atomic mass is 9.73. The molecule has 0 aliphatic carbocycles. The lowest BCUT2D eigenvalue weighted by Crippen LogP contribution is -2.31. The molecule has 0 aromatic heterocycles. The summed E-state index contributed by atoms with van der Waals surface area (Å²) in [4.78, 5) is 0. The van der Waals surface area contributed by atoms with Crippen molar-refractivity contribution in [1.82, 2.24) is 0 Å². The highest BCUT2D eigenvalue weighted by Crippen LogP contribution is 2.49. The van der Waals surface area contributed by atoms with Crippen molar-refractivity contribution in [3.63, 3.8) is 0 Å². The van der Waals surface area contributed by atoms with Crippen LogP contribution in [0.5, 0.6) is 17.2 Å². The Balaban J connectivity index is 1.79. The maximum absolute atomic E-state index is 14.4. The highest BCUT2D eigenvalue weighted by molar-refractivity contribution is 5.46. The first-order valence-corrected chi connectivity index (χ1v) is 9.58. The van der Waals surface area contributed by atoms with Gasteiger partial charge in [0.05, 0.1) is 0 Å². The Morgan fingerprint density at radius 2 is 1.64 bits per heavy atom. The SMILES string of the molecule is CC[C@@H]1C(Cc2ccccc2F)c2cc(O)ccc2OC1c1ccc(O)cc1. The van der Waals surface area contributed by atoms with E-state index in [4.69, 9.17) is 4.74 Å². The van der Waals surface area contributed by atoms with Crippen molar-refractivity contribution >= 4 is 0 Å². The summed E-state index contributed by atoms with van der Waals surface area (Å²) in [6.07, 6.45) is 1.15. The normalized spacial score (nSPS) is 21.0. The van der Waals surface area contributed by atoms with Gasteiger partial charge in [0.25, 0.3) is 0 Å². The van der Waals surface area contributed by atoms with E-state index in [1.165, 1.54) is 6.07 Å². The van der Waals surface area contributed by atoms with Crippen molar-refractivity contribution in [2.45, 2.75) is 31.8 Å². The molecule has 3 aromatic rings. The second kappa shape index (κ2) is 7.55. The van der Waals surface area contributed by atoms with E-state index >= 15 is 0 Å². The van der Waals surface area contributed by atoms with Gasteiger partial charge in [-0.1, -0.05) is 37.3 Å². The summed E-state index contributed by atoms with van der Waals surface area (Å²) < 4.78 is 20.7. The summed E-state index contributed by atoms with van der Waals surface area (Å²) in [7, 11) is 0. The molecule has 1 heterocycles. The zero-order chi connectivity index (χ0) is 19.7. The van der Waals surface area contributed by atoms with Crippen molar-refractivity contribution in [3.8, 4) is 17.2 Å². The molecule has 0 saturated carbocycles. The lowest BCUT2D eigenvalue weighted by Gasteiger charge is -2.40. The molecule has 0 amide bonds. The van der Waals surface area contributed by atoms with E-state index < -0.39 is 0 Å². The van der Waals surface area contributed by atoms with Gasteiger partial charge in [0.15, 0.2) is 0 Å². The van der Waals surface area contributed by atoms with E-state index in [1.807, 2.05) is 24.3 Å². The molecule has 0 saturated heterocycles. The fraction of sp³-hybridized carbons (Fsp3) is 0.250. The first kappa shape index (κ1) is 18.4. The van der Waals surface area contributed by atoms with Crippen molar-refractivity contribution in [2.75, 3.05) is 0 Å². The molecule has 3 atom stereocenters. The van der Waals surface area contributed by atoms with Crippen LogP contribution in [0.1, 0.15) is 42.1 Å². The largest absolute Gasteiger partial charge is 0.508 e. The van der Waals surface area contributed by atoms with E-state index in [1.54, 1.807) is 36.4 Å². The average molecular weight is 378 g/mol. The zero-order valence-corrected chi connectivity index (χ0v) is 15.7. The maximum Gasteiger partial charge on any atom is 0.127 e. The second-order valence-electron chi connectivity index (χ2n) is 7.33. The molecule has 0 radical (unpaired) electrons. The molecular formula is C24H23FO3. The molecule has 0 bridgehead atoms. The highest BCUT2D eigenvalue weighted by Gasteiger charge is 2.38. The fourth-order valence-corrected chi connectivity index (χ4v) is 4.24. The van der Waals surface area contributed by atoms with Gasteiger partial charge >= 0.3 is 0 Å². The number of aromatic hydroxyl groups is 2. The van der Waals surface area contributed by atoms with E-state index in [0.717, 1.165) is 17.5 Å². The van der Waals surface area contributed by atoms with Crippen LogP contribution in [0.2, 0.25) is 0 Å². The number of phenolic OH excluding ortho intramolecular Hbond substituents is 2. The van der Waals surface area contributed by atoms with Gasteiger partial charge in [-0.2, -0.15) is 0 Å². The molecule has 4 heteroatoms. The minimum atomic E-state index is -0.216. The van der Waals surface area contributed by atoms with Crippen LogP contribution in [0.3, 0.4) is 0 Å². The number of benzene rings is 3. The quantitative estimate of drug-likeness (QED) is 0.610. The van der Waals surface area contributed by atoms with Crippen LogP contribution in [0.4, 0.5) is 4.39 Å². The molecule has 1 aliphatic heterocycles. The maximum atomic E-state index is 14.4. The van der Waals surface area contributed by atoms with Gasteiger partial charge in [0.2, 0.25) is 0 Å². The van der Waals surface area contributed by atoms with E-state index in [2.05, 4.69) is 6.92 Å². The van der Waals surface area contributed by atoms with Crippen LogP contribution in [-0.4, -0.2) is 10.2 Å². The standard InChI is InChI=1S/C24H23FO3/c1-2-19-20(13-16-5-3-4-6-22(16)25)21-14-18(27)11-12-23(21)28-24(19)15-7-9-17(26)10-8-15/h3-12,14,19-20,24,26-27H,2,13H2,1H3/t19-,20?,24?/m1/s1. The Morgan fingerprint density at radius 1 is 0.929 bits per heavy atom. The van der Waals surface area contributed by atoms with Crippen LogP contribution >= 0.6 is 0 Å². The van der Waals surface area contributed by atoms with Gasteiger partial charge in [-0.15, -0.1) is 0 Å². The minimum Gasteiger partial charge on any atom is -0.508 e. The molecule has 144 valence electrons. The Labute approximate surface area is 164 Å². The smallest absolute Gasteiger partial charge is 0.127 e. The molecule has 3 nitrogen and oxygen atoms in total. The van der Waals surface area contributed by atoms with Crippen molar-refractivity contribution < 1.29 is 19.3 Å². The predicted octanol–water partition coefficient (Wildman–Crippen LogP) is 5.72. The molecule has 0 spiro atoms. The minimum absolute atomic E-state index is 0.00319. The monoisotopic (exact) mass is 378 g/mol. The van der Waals surface area contributed by atoms with E-state index in [0.29, 0.717) is 17.7 Å². The third-order valence-electron chi connectivity index (χ3n) is 5.64. The fourth-order valence-electron chi connectivity index (χ4n) is 4.24. The first-order valence-electron chi connectivity index (χ1n) is 9.58. The number of fused-ring (bicyclic) bond motifs is 1. The predicted molar refractivity (Wildman–Crippen MR) is 106 cm³/mol. The Hall–Kier alpha value is -3.01. The third kappa shape index (κ3) is 3.42. The lowest BCUT2D eigenvalue weighted by molar-refractivity contribution is 0.0877. The summed E-state index contributed by atoms with van der Waals surface area (Å²) in [6.45, 7) is 2.10. The number of hydrogen-bond donors (Lipinski definition) is 2. The number of halogens is 1. The number of phenols is 2. The van der Waals surface area contributed by atoms with Gasteiger partial charge in [-0.3, -0.25) is 0 Å². The molecule has 4 rings (SSSR count). The molecule has 28 heavy (non-hydrogen) atoms. The van der Waals surface area contributed by atoms with Gasteiger partial charge < -0.3 is 14.9 Å². The Morgan fingerprint density at radius 3 is 2.36 bits per heavy atom. The molecule has 2 N–H and O–H groups in total. The molecule has 2 unspecified atom stereocenters. The zero-order valence-electron chi connectivity index (χ0n) is 15.7. The van der Waals surface area contributed by atoms with Crippen LogP contribution in [-0.2, 0) is 6.42 Å². The third-order valence-corrected chi connectivity index (χ3v) is 5.64. The van der Waals surface area contributed by atoms with Crippen LogP contribution in [0.25, 0.3) is 0 Å². The summed E-state index contributed by atoms with van der Waals surface area (Å²) in [5.74, 6) is 0.975. The number of ether oxygens (including phenoxy) is 1. The van der Waals surface area contributed by atoms with E-state index in [9.17, 15) is 14.6 Å². The summed E-state index contributed by atoms with van der Waals surface area (Å²) in [5.41, 5.74) is 2.54. The second-order valence-corrected chi connectivity index (χ2v) is 7.33. The van der Waals surface area contributed by atoms with Gasteiger partial charge in [-0.05, 0) is 66.3 Å². The Bertz CT molecular complexity index is 968. The van der Waals surface area contributed by atoms with Crippen LogP contribution in [0, 0.1) is 11.7 Å². The van der Waals surface area contributed by atoms with Crippen molar-refractivity contribution in [1.29, 1.82) is 0 Å². The van der Waals surface area contributed by atoms with Gasteiger partial charge in [-0.25, -0.2) is 4.39 Å². The summed E-state index contributed by atoms with van der Waals surface area (Å²) in [6, 6.07) is 19.0.